The normalized spacial score (nSPS) is 21.8. The van der Waals surface area contributed by atoms with Gasteiger partial charge in [0.05, 0.1) is 23.7 Å². The van der Waals surface area contributed by atoms with Gasteiger partial charge < -0.3 is 14.5 Å². The summed E-state index contributed by atoms with van der Waals surface area (Å²) in [5.74, 6) is -0.0749. The number of hydrogen-bond donors (Lipinski definition) is 0. The molecule has 0 radical (unpaired) electrons. The fourth-order valence-electron chi connectivity index (χ4n) is 5.18. The number of hydrogen-bond acceptors (Lipinski definition) is 5. The van der Waals surface area contributed by atoms with Crippen molar-refractivity contribution in [2.45, 2.75) is 68.7 Å². The van der Waals surface area contributed by atoms with Crippen molar-refractivity contribution < 1.29 is 17.9 Å². The van der Waals surface area contributed by atoms with Crippen molar-refractivity contribution >= 4 is 21.6 Å². The van der Waals surface area contributed by atoms with Crippen molar-refractivity contribution in [3.05, 3.63) is 23.8 Å². The van der Waals surface area contributed by atoms with Gasteiger partial charge in [0.25, 0.3) is 5.91 Å². The van der Waals surface area contributed by atoms with Crippen molar-refractivity contribution in [3.63, 3.8) is 0 Å². The van der Waals surface area contributed by atoms with Crippen LogP contribution in [0.25, 0.3) is 0 Å². The zero-order valence-electron chi connectivity index (χ0n) is 19.3. The molecule has 0 spiro atoms. The van der Waals surface area contributed by atoms with Crippen LogP contribution in [0.1, 0.15) is 68.1 Å². The summed E-state index contributed by atoms with van der Waals surface area (Å²) < 4.78 is 33.7. The molecule has 2 heterocycles. The maximum Gasteiger partial charge on any atom is 0.255 e. The molecule has 2 saturated heterocycles. The summed E-state index contributed by atoms with van der Waals surface area (Å²) in [5, 5.41) is 0. The number of anilines is 1. The summed E-state index contributed by atoms with van der Waals surface area (Å²) in [7, 11) is -1.72. The fourth-order valence-corrected chi connectivity index (χ4v) is 6.73. The molecule has 8 heteroatoms. The standard InChI is InChI=1S/C24H37N3O4S/c1-25(20-9-5-2-3-6-10-20)24(28)22-19-21(32(29,30)27-13-7-4-8-14-27)11-12-23(22)26-15-17-31-18-16-26/h11-12,19-20H,2-10,13-18H2,1H3. The molecule has 1 amide bonds. The Morgan fingerprint density at radius 3 is 2.22 bits per heavy atom. The summed E-state index contributed by atoms with van der Waals surface area (Å²) in [5.41, 5.74) is 1.31. The van der Waals surface area contributed by atoms with Crippen LogP contribution in [-0.2, 0) is 14.8 Å². The van der Waals surface area contributed by atoms with Crippen molar-refractivity contribution in [2.24, 2.45) is 0 Å². The minimum Gasteiger partial charge on any atom is -0.378 e. The van der Waals surface area contributed by atoms with E-state index < -0.39 is 10.0 Å². The number of carbonyl (C=O) groups is 1. The number of carbonyl (C=O) groups excluding carboxylic acids is 1. The highest BCUT2D eigenvalue weighted by Gasteiger charge is 2.30. The summed E-state index contributed by atoms with van der Waals surface area (Å²) in [6.45, 7) is 3.73. The lowest BCUT2D eigenvalue weighted by Gasteiger charge is -2.33. The number of piperidine rings is 1. The van der Waals surface area contributed by atoms with Gasteiger partial charge in [-0.25, -0.2) is 8.42 Å². The van der Waals surface area contributed by atoms with Crippen LogP contribution in [0.5, 0.6) is 0 Å². The first-order valence-corrected chi connectivity index (χ1v) is 13.7. The molecule has 178 valence electrons. The number of morpholine rings is 1. The summed E-state index contributed by atoms with van der Waals surface area (Å²) >= 11 is 0. The van der Waals surface area contributed by atoms with Crippen LogP contribution >= 0.6 is 0 Å². The average molecular weight is 464 g/mol. The molecule has 7 nitrogen and oxygen atoms in total. The van der Waals surface area contributed by atoms with Gasteiger partial charge >= 0.3 is 0 Å². The van der Waals surface area contributed by atoms with Gasteiger partial charge in [-0.3, -0.25) is 4.79 Å². The molecular formula is C24H37N3O4S. The minimum absolute atomic E-state index is 0.0749. The first-order valence-electron chi connectivity index (χ1n) is 12.2. The number of nitrogens with zero attached hydrogens (tertiary/aromatic N) is 3. The van der Waals surface area contributed by atoms with Crippen LogP contribution in [0, 0.1) is 0 Å². The fraction of sp³-hybridized carbons (Fsp3) is 0.708. The topological polar surface area (TPSA) is 70.2 Å². The predicted molar refractivity (Wildman–Crippen MR) is 126 cm³/mol. The average Bonchev–Trinajstić information content (AvgIpc) is 3.13. The second-order valence-corrected chi connectivity index (χ2v) is 11.2. The van der Waals surface area contributed by atoms with Crippen molar-refractivity contribution in [1.29, 1.82) is 0 Å². The summed E-state index contributed by atoms with van der Waals surface area (Å²) in [6.07, 6.45) is 9.61. The molecule has 0 aromatic heterocycles. The molecule has 32 heavy (non-hydrogen) atoms. The Morgan fingerprint density at radius 2 is 1.56 bits per heavy atom. The van der Waals surface area contributed by atoms with E-state index in [1.54, 1.807) is 16.4 Å². The number of amides is 1. The molecule has 2 aliphatic heterocycles. The smallest absolute Gasteiger partial charge is 0.255 e. The number of rotatable bonds is 5. The van der Waals surface area contributed by atoms with Gasteiger partial charge in [0, 0.05) is 45.0 Å². The monoisotopic (exact) mass is 463 g/mol. The van der Waals surface area contributed by atoms with Gasteiger partial charge in [0.15, 0.2) is 0 Å². The van der Waals surface area contributed by atoms with Gasteiger partial charge in [0.1, 0.15) is 0 Å². The van der Waals surface area contributed by atoms with Gasteiger partial charge in [-0.15, -0.1) is 0 Å². The highest BCUT2D eigenvalue weighted by Crippen LogP contribution is 2.30. The van der Waals surface area contributed by atoms with Gasteiger partial charge in [-0.05, 0) is 43.9 Å². The SMILES string of the molecule is CN(C(=O)c1cc(S(=O)(=O)N2CCCCC2)ccc1N1CCOCC1)C1CCCCCC1. The largest absolute Gasteiger partial charge is 0.378 e. The first kappa shape index (κ1) is 23.5. The van der Waals surface area contributed by atoms with Crippen LogP contribution in [0.2, 0.25) is 0 Å². The van der Waals surface area contributed by atoms with E-state index >= 15 is 0 Å². The number of ether oxygens (including phenoxy) is 1. The molecule has 0 atom stereocenters. The molecule has 3 fully saturated rings. The third kappa shape index (κ3) is 5.13. The quantitative estimate of drug-likeness (QED) is 0.625. The Morgan fingerprint density at radius 1 is 0.938 bits per heavy atom. The second-order valence-electron chi connectivity index (χ2n) is 9.30. The van der Waals surface area contributed by atoms with E-state index in [0.29, 0.717) is 45.0 Å². The van der Waals surface area contributed by atoms with E-state index in [2.05, 4.69) is 4.90 Å². The van der Waals surface area contributed by atoms with Crippen LogP contribution in [-0.4, -0.2) is 76.0 Å². The van der Waals surface area contributed by atoms with Crippen molar-refractivity contribution in [2.75, 3.05) is 51.3 Å². The van der Waals surface area contributed by atoms with Crippen LogP contribution in [0.15, 0.2) is 23.1 Å². The highest BCUT2D eigenvalue weighted by atomic mass is 32.2. The molecule has 1 aromatic rings. The molecule has 1 saturated carbocycles. The Kier molecular flexibility index (Phi) is 7.74. The van der Waals surface area contributed by atoms with Gasteiger partial charge in [-0.1, -0.05) is 32.1 Å². The molecule has 1 aromatic carbocycles. The third-order valence-electron chi connectivity index (χ3n) is 7.20. The lowest BCUT2D eigenvalue weighted by Crippen LogP contribution is -2.40. The lowest BCUT2D eigenvalue weighted by atomic mass is 10.0. The zero-order chi connectivity index (χ0) is 22.6. The Bertz CT molecular complexity index is 885. The molecule has 3 aliphatic rings. The first-order chi connectivity index (χ1) is 15.5. The van der Waals surface area contributed by atoms with Crippen LogP contribution < -0.4 is 4.90 Å². The Balaban J connectivity index is 1.68. The van der Waals surface area contributed by atoms with E-state index in [1.165, 1.54) is 12.8 Å². The minimum atomic E-state index is -3.60. The lowest BCUT2D eigenvalue weighted by molar-refractivity contribution is 0.0717. The van der Waals surface area contributed by atoms with E-state index in [4.69, 9.17) is 4.74 Å². The third-order valence-corrected chi connectivity index (χ3v) is 9.09. The second kappa shape index (κ2) is 10.5. The van der Waals surface area contributed by atoms with Crippen LogP contribution in [0.3, 0.4) is 0 Å². The Labute approximate surface area is 192 Å². The van der Waals surface area contributed by atoms with E-state index in [0.717, 1.165) is 50.6 Å². The number of benzene rings is 1. The van der Waals surface area contributed by atoms with Crippen molar-refractivity contribution in [3.8, 4) is 0 Å². The molecule has 0 unspecified atom stereocenters. The zero-order valence-corrected chi connectivity index (χ0v) is 20.1. The summed E-state index contributed by atoms with van der Waals surface area (Å²) in [4.78, 5) is 18.0. The molecule has 4 rings (SSSR count). The Hall–Kier alpha value is -1.64. The van der Waals surface area contributed by atoms with E-state index in [-0.39, 0.29) is 16.8 Å². The maximum atomic E-state index is 13.7. The number of sulfonamides is 1. The van der Waals surface area contributed by atoms with Crippen molar-refractivity contribution in [1.82, 2.24) is 9.21 Å². The molecule has 0 N–H and O–H groups in total. The predicted octanol–water partition coefficient (Wildman–Crippen LogP) is 3.49. The van der Waals surface area contributed by atoms with Gasteiger partial charge in [-0.2, -0.15) is 4.31 Å². The van der Waals surface area contributed by atoms with Crippen LogP contribution in [0.4, 0.5) is 5.69 Å². The van der Waals surface area contributed by atoms with Gasteiger partial charge in [0.2, 0.25) is 10.0 Å². The maximum absolute atomic E-state index is 13.7. The summed E-state index contributed by atoms with van der Waals surface area (Å²) in [6, 6.07) is 5.35. The molecule has 1 aliphatic carbocycles. The molecule has 0 bridgehead atoms. The van der Waals surface area contributed by atoms with E-state index in [1.807, 2.05) is 18.0 Å². The molecular weight excluding hydrogens is 426 g/mol. The van der Waals surface area contributed by atoms with E-state index in [9.17, 15) is 13.2 Å². The highest BCUT2D eigenvalue weighted by molar-refractivity contribution is 7.89.